The van der Waals surface area contributed by atoms with Gasteiger partial charge in [0.15, 0.2) is 6.61 Å². The minimum absolute atomic E-state index is 0.0189. The third-order valence-corrected chi connectivity index (χ3v) is 4.86. The van der Waals surface area contributed by atoms with E-state index >= 15 is 0 Å². The molecule has 0 saturated heterocycles. The lowest BCUT2D eigenvalue weighted by atomic mass is 10.1. The van der Waals surface area contributed by atoms with Crippen molar-refractivity contribution in [2.45, 2.75) is 20.4 Å². The van der Waals surface area contributed by atoms with Gasteiger partial charge in [-0.05, 0) is 43.7 Å². The van der Waals surface area contributed by atoms with Gasteiger partial charge in [0.1, 0.15) is 5.82 Å². The van der Waals surface area contributed by atoms with Gasteiger partial charge in [-0.25, -0.2) is 9.18 Å². The summed E-state index contributed by atoms with van der Waals surface area (Å²) in [6.07, 6.45) is 0. The normalized spacial score (nSPS) is 10.7. The number of hydrogen-bond donors (Lipinski definition) is 0. The van der Waals surface area contributed by atoms with Crippen molar-refractivity contribution in [1.82, 2.24) is 4.57 Å². The molecule has 0 saturated carbocycles. The first-order valence-electron chi connectivity index (χ1n) is 8.73. The first-order valence-corrected chi connectivity index (χ1v) is 9.10. The topological polar surface area (TPSA) is 48.3 Å². The van der Waals surface area contributed by atoms with Crippen LogP contribution in [0.25, 0.3) is 0 Å². The van der Waals surface area contributed by atoms with Crippen LogP contribution in [0.4, 0.5) is 4.39 Å². The minimum Gasteiger partial charge on any atom is -0.454 e. The number of aryl methyl sites for hydroxylation is 1. The molecule has 0 radical (unpaired) electrons. The zero-order valence-electron chi connectivity index (χ0n) is 15.5. The molecule has 3 aromatic rings. The van der Waals surface area contributed by atoms with E-state index in [2.05, 4.69) is 0 Å². The van der Waals surface area contributed by atoms with Gasteiger partial charge in [0.2, 0.25) is 5.78 Å². The highest BCUT2D eigenvalue weighted by atomic mass is 35.5. The maximum absolute atomic E-state index is 13.1. The zero-order valence-corrected chi connectivity index (χ0v) is 16.3. The lowest BCUT2D eigenvalue weighted by molar-refractivity contribution is 0.0474. The van der Waals surface area contributed by atoms with Crippen molar-refractivity contribution in [1.29, 1.82) is 0 Å². The number of rotatable bonds is 6. The number of esters is 1. The number of ether oxygens (including phenoxy) is 1. The molecular formula is C22H19ClFNO3. The molecule has 28 heavy (non-hydrogen) atoms. The average Bonchev–Trinajstić information content (AvgIpc) is 2.95. The molecule has 1 heterocycles. The van der Waals surface area contributed by atoms with Crippen LogP contribution >= 0.6 is 11.6 Å². The van der Waals surface area contributed by atoms with E-state index in [-0.39, 0.29) is 16.4 Å². The Bertz CT molecular complexity index is 1030. The molecule has 0 aliphatic heterocycles. The van der Waals surface area contributed by atoms with Crippen molar-refractivity contribution >= 4 is 23.4 Å². The number of halogens is 2. The summed E-state index contributed by atoms with van der Waals surface area (Å²) in [6.45, 7) is 4.03. The second-order valence-corrected chi connectivity index (χ2v) is 6.89. The molecule has 0 spiro atoms. The predicted molar refractivity (Wildman–Crippen MR) is 105 cm³/mol. The summed E-state index contributed by atoms with van der Waals surface area (Å²) in [5.41, 5.74) is 3.40. The van der Waals surface area contributed by atoms with E-state index in [1.807, 2.05) is 48.7 Å². The number of carbonyl (C=O) groups is 2. The maximum Gasteiger partial charge on any atom is 0.340 e. The van der Waals surface area contributed by atoms with Gasteiger partial charge in [0, 0.05) is 23.5 Å². The highest BCUT2D eigenvalue weighted by Crippen LogP contribution is 2.20. The van der Waals surface area contributed by atoms with Gasteiger partial charge < -0.3 is 9.30 Å². The van der Waals surface area contributed by atoms with Crippen LogP contribution in [0, 0.1) is 19.7 Å². The molecule has 0 fully saturated rings. The fraction of sp³-hybridized carbons (Fsp3) is 0.182. The van der Waals surface area contributed by atoms with Gasteiger partial charge in [0.25, 0.3) is 0 Å². The van der Waals surface area contributed by atoms with E-state index in [0.717, 1.165) is 29.1 Å². The number of carbonyl (C=O) groups excluding carboxylic acids is 2. The number of hydrogen-bond acceptors (Lipinski definition) is 3. The maximum atomic E-state index is 13.1. The average molecular weight is 400 g/mol. The molecule has 0 atom stereocenters. The van der Waals surface area contributed by atoms with E-state index < -0.39 is 18.4 Å². The molecule has 0 unspecified atom stereocenters. The third kappa shape index (κ3) is 4.31. The summed E-state index contributed by atoms with van der Waals surface area (Å²) in [7, 11) is 0. The van der Waals surface area contributed by atoms with Crippen molar-refractivity contribution < 1.29 is 18.7 Å². The molecule has 6 heteroatoms. The highest BCUT2D eigenvalue weighted by molar-refractivity contribution is 6.33. The molecule has 144 valence electrons. The number of ketones is 1. The second-order valence-electron chi connectivity index (χ2n) is 6.48. The van der Waals surface area contributed by atoms with E-state index in [9.17, 15) is 14.0 Å². The lowest BCUT2D eigenvalue weighted by Gasteiger charge is -2.10. The van der Waals surface area contributed by atoms with Crippen molar-refractivity contribution in [2.24, 2.45) is 0 Å². The quantitative estimate of drug-likeness (QED) is 0.433. The van der Waals surface area contributed by atoms with Crippen LogP contribution in [0.5, 0.6) is 0 Å². The predicted octanol–water partition coefficient (Wildman–Crippen LogP) is 4.99. The Hall–Kier alpha value is -2.92. The molecule has 4 nitrogen and oxygen atoms in total. The fourth-order valence-electron chi connectivity index (χ4n) is 3.03. The first-order chi connectivity index (χ1) is 13.4. The molecule has 1 aromatic heterocycles. The summed E-state index contributed by atoms with van der Waals surface area (Å²) >= 11 is 5.85. The molecular weight excluding hydrogens is 381 g/mol. The lowest BCUT2D eigenvalue weighted by Crippen LogP contribution is -2.15. The number of nitrogens with zero attached hydrogens (tertiary/aromatic N) is 1. The molecule has 0 bridgehead atoms. The van der Waals surface area contributed by atoms with E-state index in [1.165, 1.54) is 6.07 Å². The Morgan fingerprint density at radius 1 is 1.04 bits per heavy atom. The van der Waals surface area contributed by atoms with Gasteiger partial charge in [-0.2, -0.15) is 0 Å². The van der Waals surface area contributed by atoms with Crippen molar-refractivity contribution in [3.63, 3.8) is 0 Å². The molecule has 3 rings (SSSR count). The summed E-state index contributed by atoms with van der Waals surface area (Å²) in [6, 6.07) is 15.1. The van der Waals surface area contributed by atoms with Crippen molar-refractivity contribution in [3.8, 4) is 0 Å². The van der Waals surface area contributed by atoms with Crippen LogP contribution < -0.4 is 0 Å². The van der Waals surface area contributed by atoms with E-state index in [0.29, 0.717) is 12.1 Å². The van der Waals surface area contributed by atoms with Crippen LogP contribution in [-0.2, 0) is 11.3 Å². The molecule has 2 aromatic carbocycles. The smallest absolute Gasteiger partial charge is 0.340 e. The van der Waals surface area contributed by atoms with E-state index in [1.54, 1.807) is 6.07 Å². The molecule has 0 amide bonds. The Morgan fingerprint density at radius 2 is 1.75 bits per heavy atom. The monoisotopic (exact) mass is 399 g/mol. The van der Waals surface area contributed by atoms with Gasteiger partial charge in [-0.3, -0.25) is 4.79 Å². The SMILES string of the molecule is Cc1cc(C(=O)COC(=O)c2ccc(F)cc2Cl)c(C)n1Cc1ccccc1. The number of Topliss-reactive ketones (excluding diaryl/α,β-unsaturated/α-hetero) is 1. The Morgan fingerprint density at radius 3 is 2.43 bits per heavy atom. The van der Waals surface area contributed by atoms with Crippen LogP contribution in [0.15, 0.2) is 54.6 Å². The highest BCUT2D eigenvalue weighted by Gasteiger charge is 2.19. The van der Waals surface area contributed by atoms with E-state index in [4.69, 9.17) is 16.3 Å². The Kier molecular flexibility index (Phi) is 5.95. The Balaban J connectivity index is 1.71. The van der Waals surface area contributed by atoms with Crippen molar-refractivity contribution in [2.75, 3.05) is 6.61 Å². The van der Waals surface area contributed by atoms with Gasteiger partial charge in [-0.1, -0.05) is 41.9 Å². The summed E-state index contributed by atoms with van der Waals surface area (Å²) in [5.74, 6) is -1.63. The Labute approximate surface area is 167 Å². The molecule has 0 aliphatic rings. The van der Waals surface area contributed by atoms with Gasteiger partial charge in [-0.15, -0.1) is 0 Å². The van der Waals surface area contributed by atoms with Crippen LogP contribution in [-0.4, -0.2) is 22.9 Å². The largest absolute Gasteiger partial charge is 0.454 e. The molecule has 0 N–H and O–H groups in total. The molecule has 0 aliphatic carbocycles. The van der Waals surface area contributed by atoms with Crippen molar-refractivity contribution in [3.05, 3.63) is 93.5 Å². The van der Waals surface area contributed by atoms with Crippen LogP contribution in [0.1, 0.15) is 37.7 Å². The number of aromatic nitrogens is 1. The number of benzene rings is 2. The zero-order chi connectivity index (χ0) is 20.3. The van der Waals surface area contributed by atoms with Crippen LogP contribution in [0.3, 0.4) is 0 Å². The standard InChI is InChI=1S/C22H19ClFNO3/c1-14-10-19(15(2)25(14)12-16-6-4-3-5-7-16)21(26)13-28-22(27)18-9-8-17(24)11-20(18)23/h3-11H,12-13H2,1-2H3. The van der Waals surface area contributed by atoms with Crippen LogP contribution in [0.2, 0.25) is 5.02 Å². The summed E-state index contributed by atoms with van der Waals surface area (Å²) in [5, 5.41) is -0.0570. The summed E-state index contributed by atoms with van der Waals surface area (Å²) < 4.78 is 20.2. The minimum atomic E-state index is -0.767. The summed E-state index contributed by atoms with van der Waals surface area (Å²) in [4.78, 5) is 24.7. The van der Waals surface area contributed by atoms with Gasteiger partial charge in [0.05, 0.1) is 10.6 Å². The fourth-order valence-corrected chi connectivity index (χ4v) is 3.28. The third-order valence-electron chi connectivity index (χ3n) is 4.54. The second kappa shape index (κ2) is 8.40. The van der Waals surface area contributed by atoms with Gasteiger partial charge >= 0.3 is 5.97 Å². The first kappa shape index (κ1) is 19.8.